The smallest absolute Gasteiger partial charge is 0.0602 e. The van der Waals surface area contributed by atoms with Gasteiger partial charge in [-0.1, -0.05) is 60.7 Å². The average molecular weight is 822 g/mol. The van der Waals surface area contributed by atoms with E-state index in [1.807, 2.05) is 11.3 Å². The van der Waals surface area contributed by atoms with Crippen LogP contribution in [-0.2, 0) is 0 Å². The van der Waals surface area contributed by atoms with Crippen molar-refractivity contribution in [1.29, 1.82) is 0 Å². The zero-order chi connectivity index (χ0) is 38.2. The first-order chi connectivity index (χ1) is 28.7. The van der Waals surface area contributed by atoms with Gasteiger partial charge in [-0.3, -0.25) is 0 Å². The first-order valence-electron chi connectivity index (χ1n) is 19.7. The van der Waals surface area contributed by atoms with E-state index < -0.39 is 0 Å². The molecule has 3 aromatic heterocycles. The Morgan fingerprint density at radius 1 is 0.379 bits per heavy atom. The topological polar surface area (TPSA) is 8.17 Å². The van der Waals surface area contributed by atoms with Crippen LogP contribution >= 0.6 is 11.3 Å². The number of aromatic nitrogens is 1. The van der Waals surface area contributed by atoms with Crippen molar-refractivity contribution >= 4 is 104 Å². The maximum atomic E-state index is 2.44. The molecule has 0 radical (unpaired) electrons. The molecule has 0 amide bonds. The molecule has 0 aliphatic carbocycles. The fraction of sp³-hybridized carbons (Fsp3) is 0. The van der Waals surface area contributed by atoms with Crippen molar-refractivity contribution in [2.75, 3.05) is 4.90 Å². The molecule has 12 rings (SSSR count). The Bertz CT molecular complexity index is 3500. The molecule has 0 bridgehead atoms. The molecular weight excluding hydrogens is 788 g/mol. The van der Waals surface area contributed by atoms with Crippen molar-refractivity contribution in [3.05, 3.63) is 206 Å². The summed E-state index contributed by atoms with van der Waals surface area (Å²) in [5.74, 6) is 0. The summed E-state index contributed by atoms with van der Waals surface area (Å²) in [5.41, 5.74) is 11.9. The fourth-order valence-electron chi connectivity index (χ4n) is 8.89. The van der Waals surface area contributed by atoms with Crippen LogP contribution in [0.15, 0.2) is 206 Å². The molecule has 2 nitrogen and oxygen atoms in total. The summed E-state index contributed by atoms with van der Waals surface area (Å²) in [7, 11) is 0. The van der Waals surface area contributed by atoms with Gasteiger partial charge in [0.25, 0.3) is 0 Å². The summed E-state index contributed by atoms with van der Waals surface area (Å²) in [4.78, 5) is 2.44. The third kappa shape index (κ3) is 5.38. The Labute approximate surface area is 345 Å². The number of hydrogen-bond donors (Lipinski definition) is 0. The van der Waals surface area contributed by atoms with Gasteiger partial charge in [0.15, 0.2) is 0 Å². The Balaban J connectivity index is 0.972. The van der Waals surface area contributed by atoms with E-state index in [0.717, 1.165) is 11.4 Å². The number of para-hydroxylation sites is 2. The number of hydrogen-bond acceptors (Lipinski definition) is 2. The molecule has 0 N–H and O–H groups in total. The molecule has 3 heterocycles. The van der Waals surface area contributed by atoms with Gasteiger partial charge in [-0.25, -0.2) is 0 Å². The van der Waals surface area contributed by atoms with Crippen LogP contribution in [0.5, 0.6) is 0 Å². The van der Waals surface area contributed by atoms with Crippen molar-refractivity contribution in [3.8, 4) is 27.9 Å². The van der Waals surface area contributed by atoms with Gasteiger partial charge in [0.05, 0.1) is 11.0 Å². The number of rotatable bonds is 6. The van der Waals surface area contributed by atoms with Gasteiger partial charge in [0.1, 0.15) is 0 Å². The van der Waals surface area contributed by atoms with E-state index in [9.17, 15) is 0 Å². The van der Waals surface area contributed by atoms with Gasteiger partial charge in [-0.05, 0) is 53.6 Å². The molecule has 0 aliphatic heterocycles. The van der Waals surface area contributed by atoms with Crippen LogP contribution in [0.25, 0.3) is 89.2 Å². The predicted molar refractivity (Wildman–Crippen MR) is 251 cm³/mol. The van der Waals surface area contributed by atoms with Crippen LogP contribution in [0, 0.1) is 0 Å². The van der Waals surface area contributed by atoms with E-state index in [2.05, 4.69) is 216 Å². The summed E-state index contributed by atoms with van der Waals surface area (Å²) >= 11 is 2.23. The monoisotopic (exact) mass is 822 g/mol. The zero-order valence-corrected chi connectivity index (χ0v) is 33.9. The minimum atomic E-state index is 0.368. The Hall–Kier alpha value is -6.68. The number of benzene rings is 9. The van der Waals surface area contributed by atoms with Crippen molar-refractivity contribution in [2.24, 2.45) is 0 Å². The van der Waals surface area contributed by atoms with Crippen LogP contribution in [0.1, 0.15) is 0 Å². The molecule has 0 atom stereocenters. The SMILES string of the molecule is c1ccc(-n2c3ccccc3c3cc(-c4ccc(N(c5ccc(-c6ccc7[se]c8ccccc8c7c6)cc5)c5cccc6sc7ccccc7c56)cc4)ccc32)cc1. The van der Waals surface area contributed by atoms with Crippen molar-refractivity contribution in [2.45, 2.75) is 0 Å². The number of thiophene rings is 1. The summed E-state index contributed by atoms with van der Waals surface area (Å²) in [5, 5.41) is 7.87. The molecule has 0 unspecified atom stereocenters. The van der Waals surface area contributed by atoms with E-state index in [0.29, 0.717) is 14.5 Å². The van der Waals surface area contributed by atoms with Crippen LogP contribution in [0.4, 0.5) is 17.1 Å². The minimum absolute atomic E-state index is 0.368. The number of nitrogens with zero attached hydrogens (tertiary/aromatic N) is 2. The van der Waals surface area contributed by atoms with Gasteiger partial charge in [0, 0.05) is 21.2 Å². The molecule has 58 heavy (non-hydrogen) atoms. The Morgan fingerprint density at radius 3 is 1.72 bits per heavy atom. The Morgan fingerprint density at radius 2 is 0.948 bits per heavy atom. The van der Waals surface area contributed by atoms with E-state index >= 15 is 0 Å². The third-order valence-electron chi connectivity index (χ3n) is 11.6. The summed E-state index contributed by atoms with van der Waals surface area (Å²) in [6, 6.07) is 76.1. The molecule has 272 valence electrons. The fourth-order valence-corrected chi connectivity index (χ4v) is 12.3. The maximum absolute atomic E-state index is 2.44. The second-order valence-corrected chi connectivity index (χ2v) is 18.3. The van der Waals surface area contributed by atoms with Crippen LogP contribution in [0.3, 0.4) is 0 Å². The predicted octanol–water partition coefficient (Wildman–Crippen LogP) is 15.3. The van der Waals surface area contributed by atoms with Gasteiger partial charge in [-0.2, -0.15) is 0 Å². The van der Waals surface area contributed by atoms with E-state index in [-0.39, 0.29) is 0 Å². The van der Waals surface area contributed by atoms with Crippen molar-refractivity contribution in [1.82, 2.24) is 4.57 Å². The van der Waals surface area contributed by atoms with Crippen LogP contribution in [0.2, 0.25) is 0 Å². The van der Waals surface area contributed by atoms with Gasteiger partial charge >= 0.3 is 185 Å². The minimum Gasteiger partial charge on any atom is -0.0602 e. The average Bonchev–Trinajstić information content (AvgIpc) is 3.97. The molecule has 4 heteroatoms. The first kappa shape index (κ1) is 33.5. The summed E-state index contributed by atoms with van der Waals surface area (Å²) < 4.78 is 7.92. The Kier molecular flexibility index (Phi) is 7.77. The summed E-state index contributed by atoms with van der Waals surface area (Å²) in [6.45, 7) is 0. The molecule has 0 aliphatic rings. The zero-order valence-electron chi connectivity index (χ0n) is 31.3. The van der Waals surface area contributed by atoms with Crippen molar-refractivity contribution in [3.63, 3.8) is 0 Å². The molecule has 0 saturated carbocycles. The molecular formula is C54H34N2SSe. The van der Waals surface area contributed by atoms with E-state index in [1.54, 1.807) is 0 Å². The quantitative estimate of drug-likeness (QED) is 0.152. The van der Waals surface area contributed by atoms with E-state index in [4.69, 9.17) is 0 Å². The number of anilines is 3. The van der Waals surface area contributed by atoms with Gasteiger partial charge in [0.2, 0.25) is 0 Å². The van der Waals surface area contributed by atoms with E-state index in [1.165, 1.54) is 94.9 Å². The van der Waals surface area contributed by atoms with Crippen LogP contribution < -0.4 is 4.90 Å². The van der Waals surface area contributed by atoms with Gasteiger partial charge in [-0.15, -0.1) is 11.3 Å². The molecule has 12 aromatic rings. The van der Waals surface area contributed by atoms with Crippen LogP contribution in [-0.4, -0.2) is 19.1 Å². The molecule has 0 spiro atoms. The van der Waals surface area contributed by atoms with Gasteiger partial charge < -0.3 is 4.57 Å². The van der Waals surface area contributed by atoms with Crippen molar-refractivity contribution < 1.29 is 0 Å². The third-order valence-corrected chi connectivity index (χ3v) is 15.2. The normalized spacial score (nSPS) is 11.8. The molecule has 9 aromatic carbocycles. The first-order valence-corrected chi connectivity index (χ1v) is 22.2. The second kappa shape index (κ2) is 13.5. The number of fused-ring (bicyclic) bond motifs is 9. The summed E-state index contributed by atoms with van der Waals surface area (Å²) in [6.07, 6.45) is 0. The molecule has 0 fully saturated rings. The second-order valence-electron chi connectivity index (χ2n) is 14.9. The molecule has 0 saturated heterocycles. The standard InChI is InChI=1S/C54H34N2SSe/c1-2-11-39(12-3-1)56-47-16-7-4-13-42(47)45-33-37(25-31-48(45)56)35-21-27-40(28-22-35)55(49-17-10-19-51-54(49)44-15-5-8-18-50(44)57-51)41-29-23-36(24-30-41)38-26-32-53-46(34-38)43-14-6-9-20-52(43)58-53/h1-34H.